The lowest BCUT2D eigenvalue weighted by molar-refractivity contribution is -0.384. The van der Waals surface area contributed by atoms with Crippen LogP contribution in [0.3, 0.4) is 0 Å². The zero-order valence-electron chi connectivity index (χ0n) is 19.8. The zero-order valence-corrected chi connectivity index (χ0v) is 19.8. The Morgan fingerprint density at radius 1 is 0.865 bits per heavy atom. The summed E-state index contributed by atoms with van der Waals surface area (Å²) in [6.45, 7) is 2.05. The lowest BCUT2D eigenvalue weighted by atomic mass is 10.1. The number of non-ortho nitro benzene ring substituents is 1. The van der Waals surface area contributed by atoms with Gasteiger partial charge in [-0.25, -0.2) is 0 Å². The van der Waals surface area contributed by atoms with E-state index in [-0.39, 0.29) is 29.5 Å². The molecule has 0 aliphatic carbocycles. The minimum Gasteiger partial charge on any atom is -0.486 e. The number of hydrogen-bond acceptors (Lipinski definition) is 6. The summed E-state index contributed by atoms with van der Waals surface area (Å²) in [6, 6.07) is 28.3. The van der Waals surface area contributed by atoms with Crippen molar-refractivity contribution in [1.82, 2.24) is 0 Å². The highest BCUT2D eigenvalue weighted by Crippen LogP contribution is 2.30. The van der Waals surface area contributed by atoms with E-state index in [2.05, 4.69) is 5.32 Å². The number of nitro groups is 1. The summed E-state index contributed by atoms with van der Waals surface area (Å²) in [7, 11) is 0. The van der Waals surface area contributed by atoms with Gasteiger partial charge in [-0.1, -0.05) is 42.5 Å². The van der Waals surface area contributed by atoms with Gasteiger partial charge >= 0.3 is 0 Å². The third kappa shape index (κ3) is 5.76. The predicted molar refractivity (Wildman–Crippen MR) is 139 cm³/mol. The topological polar surface area (TPSA) is 104 Å². The number of furan rings is 1. The normalized spacial score (nSPS) is 10.7. The molecule has 8 nitrogen and oxygen atoms in total. The van der Waals surface area contributed by atoms with Crippen molar-refractivity contribution in [2.24, 2.45) is 0 Å². The fourth-order valence-electron chi connectivity index (χ4n) is 3.82. The van der Waals surface area contributed by atoms with Gasteiger partial charge in [-0.3, -0.25) is 14.9 Å². The highest BCUT2D eigenvalue weighted by atomic mass is 16.6. The van der Waals surface area contributed by atoms with Crippen molar-refractivity contribution in [3.8, 4) is 17.2 Å². The smallest absolute Gasteiger partial charge is 0.291 e. The Labute approximate surface area is 212 Å². The van der Waals surface area contributed by atoms with Crippen molar-refractivity contribution in [3.05, 3.63) is 124 Å². The Hall–Kier alpha value is -5.11. The van der Waals surface area contributed by atoms with E-state index in [9.17, 15) is 14.9 Å². The molecule has 0 bridgehead atoms. The van der Waals surface area contributed by atoms with Crippen LogP contribution in [0.5, 0.6) is 17.2 Å². The number of ether oxygens (including phenoxy) is 2. The van der Waals surface area contributed by atoms with Crippen LogP contribution in [-0.4, -0.2) is 10.8 Å². The van der Waals surface area contributed by atoms with Crippen molar-refractivity contribution in [1.29, 1.82) is 0 Å². The summed E-state index contributed by atoms with van der Waals surface area (Å²) in [5, 5.41) is 16.2. The number of fused-ring (bicyclic) bond motifs is 1. The minimum absolute atomic E-state index is 0.0461. The van der Waals surface area contributed by atoms with E-state index >= 15 is 0 Å². The first-order chi connectivity index (χ1) is 17.9. The van der Waals surface area contributed by atoms with E-state index in [4.69, 9.17) is 13.9 Å². The fourth-order valence-corrected chi connectivity index (χ4v) is 3.82. The third-order valence-corrected chi connectivity index (χ3v) is 5.57. The van der Waals surface area contributed by atoms with Gasteiger partial charge < -0.3 is 19.2 Å². The summed E-state index contributed by atoms with van der Waals surface area (Å²) < 4.78 is 17.2. The molecular formula is C29H22N2O6. The van der Waals surface area contributed by atoms with Gasteiger partial charge in [0.1, 0.15) is 29.6 Å². The first kappa shape index (κ1) is 23.6. The number of aryl methyl sites for hydroxylation is 1. The summed E-state index contributed by atoms with van der Waals surface area (Å²) in [5.74, 6) is 1.38. The number of nitrogens with one attached hydrogen (secondary N) is 1. The molecule has 0 fully saturated rings. The van der Waals surface area contributed by atoms with E-state index in [1.54, 1.807) is 12.1 Å². The second kappa shape index (κ2) is 10.2. The van der Waals surface area contributed by atoms with Crippen molar-refractivity contribution in [2.75, 3.05) is 5.32 Å². The molecule has 5 aromatic rings. The van der Waals surface area contributed by atoms with E-state index < -0.39 is 10.8 Å². The number of amides is 1. The minimum atomic E-state index is -0.557. The molecule has 1 amide bonds. The zero-order chi connectivity index (χ0) is 25.8. The number of anilines is 1. The lowest BCUT2D eigenvalue weighted by Crippen LogP contribution is -2.11. The molecule has 0 unspecified atom stereocenters. The largest absolute Gasteiger partial charge is 0.486 e. The molecule has 1 heterocycles. The molecule has 0 spiro atoms. The monoisotopic (exact) mass is 494 g/mol. The quantitative estimate of drug-likeness (QED) is 0.180. The fraction of sp³-hybridized carbons (Fsp3) is 0.0690. The Kier molecular flexibility index (Phi) is 6.54. The Balaban J connectivity index is 1.27. The van der Waals surface area contributed by atoms with Crippen LogP contribution in [0.1, 0.15) is 21.9 Å². The van der Waals surface area contributed by atoms with Crippen LogP contribution in [0.15, 0.2) is 101 Å². The van der Waals surface area contributed by atoms with Crippen molar-refractivity contribution >= 4 is 28.1 Å². The number of benzene rings is 4. The second-order valence-corrected chi connectivity index (χ2v) is 8.41. The standard InChI is InChI=1S/C29H22N2O6/c1-19-5-4-8-25(13-19)36-27-16-22(15-23(17-27)31(33)34)30-29(32)28-12-11-26(37-28)18-35-24-10-9-20-6-2-3-7-21(20)14-24/h2-17H,18H2,1H3,(H,30,32). The van der Waals surface area contributed by atoms with Gasteiger partial charge in [0, 0.05) is 12.1 Å². The van der Waals surface area contributed by atoms with E-state index in [1.165, 1.54) is 24.3 Å². The summed E-state index contributed by atoms with van der Waals surface area (Å²) >= 11 is 0. The molecule has 37 heavy (non-hydrogen) atoms. The number of hydrogen-bond donors (Lipinski definition) is 1. The number of carbonyl (C=O) groups is 1. The molecule has 4 aromatic carbocycles. The molecular weight excluding hydrogens is 472 g/mol. The molecule has 0 atom stereocenters. The van der Waals surface area contributed by atoms with E-state index in [1.807, 2.05) is 67.6 Å². The maximum atomic E-state index is 12.8. The molecule has 8 heteroatoms. The highest BCUT2D eigenvalue weighted by Gasteiger charge is 2.16. The molecule has 0 aliphatic rings. The van der Waals surface area contributed by atoms with Gasteiger partial charge in [-0.2, -0.15) is 0 Å². The van der Waals surface area contributed by atoms with Crippen LogP contribution >= 0.6 is 0 Å². The highest BCUT2D eigenvalue weighted by molar-refractivity contribution is 6.02. The van der Waals surface area contributed by atoms with Crippen LogP contribution < -0.4 is 14.8 Å². The van der Waals surface area contributed by atoms with Gasteiger partial charge in [0.15, 0.2) is 5.76 Å². The predicted octanol–water partition coefficient (Wildman–Crippen LogP) is 7.27. The molecule has 1 N–H and O–H groups in total. The molecule has 0 saturated heterocycles. The van der Waals surface area contributed by atoms with E-state index in [0.717, 1.165) is 16.3 Å². The van der Waals surface area contributed by atoms with Gasteiger partial charge in [0.2, 0.25) is 0 Å². The average Bonchev–Trinajstić information content (AvgIpc) is 3.36. The third-order valence-electron chi connectivity index (χ3n) is 5.57. The molecule has 5 rings (SSSR count). The number of rotatable bonds is 8. The van der Waals surface area contributed by atoms with Gasteiger partial charge in [-0.15, -0.1) is 0 Å². The summed E-state index contributed by atoms with van der Waals surface area (Å²) in [6.07, 6.45) is 0. The van der Waals surface area contributed by atoms with Crippen molar-refractivity contribution in [3.63, 3.8) is 0 Å². The number of nitrogens with zero attached hydrogens (tertiary/aromatic N) is 1. The molecule has 184 valence electrons. The van der Waals surface area contributed by atoms with Gasteiger partial charge in [0.05, 0.1) is 16.7 Å². The maximum absolute atomic E-state index is 12.8. The van der Waals surface area contributed by atoms with Crippen LogP contribution in [0, 0.1) is 17.0 Å². The van der Waals surface area contributed by atoms with Crippen molar-refractivity contribution in [2.45, 2.75) is 13.5 Å². The Morgan fingerprint density at radius 3 is 2.51 bits per heavy atom. The lowest BCUT2D eigenvalue weighted by Gasteiger charge is -2.09. The molecule has 0 radical (unpaired) electrons. The van der Waals surface area contributed by atoms with Gasteiger partial charge in [0.25, 0.3) is 11.6 Å². The first-order valence-electron chi connectivity index (χ1n) is 11.5. The van der Waals surface area contributed by atoms with Crippen LogP contribution in [0.25, 0.3) is 10.8 Å². The molecule has 0 aliphatic heterocycles. The molecule has 0 saturated carbocycles. The SMILES string of the molecule is Cc1cccc(Oc2cc(NC(=O)c3ccc(COc4ccc5ccccc5c4)o3)cc([N+](=O)[O-])c2)c1. The van der Waals surface area contributed by atoms with Crippen molar-refractivity contribution < 1.29 is 23.6 Å². The van der Waals surface area contributed by atoms with Crippen LogP contribution in [0.2, 0.25) is 0 Å². The van der Waals surface area contributed by atoms with Crippen LogP contribution in [-0.2, 0) is 6.61 Å². The average molecular weight is 495 g/mol. The first-order valence-corrected chi connectivity index (χ1v) is 11.5. The number of nitro benzene ring substituents is 1. The summed E-state index contributed by atoms with van der Waals surface area (Å²) in [4.78, 5) is 23.7. The second-order valence-electron chi connectivity index (χ2n) is 8.41. The Morgan fingerprint density at radius 2 is 1.70 bits per heavy atom. The van der Waals surface area contributed by atoms with Crippen LogP contribution in [0.4, 0.5) is 11.4 Å². The number of carbonyl (C=O) groups excluding carboxylic acids is 1. The molecule has 1 aromatic heterocycles. The van der Waals surface area contributed by atoms with E-state index in [0.29, 0.717) is 17.3 Å². The Bertz CT molecular complexity index is 1610. The maximum Gasteiger partial charge on any atom is 0.291 e. The van der Waals surface area contributed by atoms with Gasteiger partial charge in [-0.05, 0) is 59.7 Å². The summed E-state index contributed by atoms with van der Waals surface area (Å²) in [5.41, 5.74) is 0.964.